The third kappa shape index (κ3) is 15.9. The van der Waals surface area contributed by atoms with Gasteiger partial charge in [-0.15, -0.1) is 0 Å². The molecule has 0 saturated heterocycles. The number of aryl methyl sites for hydroxylation is 1. The van der Waals surface area contributed by atoms with Crippen molar-refractivity contribution in [2.75, 3.05) is 18.1 Å². The van der Waals surface area contributed by atoms with E-state index in [1.54, 1.807) is 0 Å². The molecule has 14 heteroatoms. The van der Waals surface area contributed by atoms with E-state index in [9.17, 15) is 31.1 Å². The van der Waals surface area contributed by atoms with Gasteiger partial charge in [0.15, 0.2) is 12.3 Å². The summed E-state index contributed by atoms with van der Waals surface area (Å²) in [5.74, 6) is -1.62. The lowest BCUT2D eigenvalue weighted by Gasteiger charge is -2.11. The van der Waals surface area contributed by atoms with E-state index in [0.717, 1.165) is 24.2 Å². The molecule has 1 unspecified atom stereocenters. The number of amides is 1. The fourth-order valence-electron chi connectivity index (χ4n) is 1.80. The van der Waals surface area contributed by atoms with Crippen molar-refractivity contribution in [3.63, 3.8) is 0 Å². The smallest absolute Gasteiger partial charge is 0.422 e. The lowest BCUT2D eigenvalue weighted by atomic mass is 10.2. The van der Waals surface area contributed by atoms with Crippen LogP contribution in [0.4, 0.5) is 38.0 Å². The molecule has 0 bridgehead atoms. The summed E-state index contributed by atoms with van der Waals surface area (Å²) in [7, 11) is -0.852. The quantitative estimate of drug-likeness (QED) is 0.241. The van der Waals surface area contributed by atoms with Gasteiger partial charge >= 0.3 is 12.4 Å². The first-order chi connectivity index (χ1) is 15.3. The Labute approximate surface area is 188 Å². The normalized spacial score (nSPS) is 11.2. The molecule has 0 radical (unpaired) electrons. The number of carbonyl (C=O) groups excluding carboxylic acids is 1. The number of quaternary nitrogens is 1. The van der Waals surface area contributed by atoms with E-state index >= 15 is 0 Å². The number of nitrogens with zero attached hydrogens (tertiary/aromatic N) is 2. The van der Waals surface area contributed by atoms with Crippen LogP contribution in [0.15, 0.2) is 30.3 Å². The summed E-state index contributed by atoms with van der Waals surface area (Å²) >= 11 is 0. The highest BCUT2D eigenvalue weighted by Crippen LogP contribution is 2.26. The first-order valence-electron chi connectivity index (χ1n) is 9.48. The number of nitrogens with two attached hydrogens (primary N) is 1. The van der Waals surface area contributed by atoms with Gasteiger partial charge in [0.1, 0.15) is 0 Å². The standard InChI is InChI=1S/C10H10F6N3O2P.C7H9NO.C2H6/c1-5(20)17-8-18-6(21-3-9(11,12)13)2-7(19-8)22-4-10(14,15)16;1-6-2-4-7(8-9)5-3-6;1-2/h2,22H,3-4H2,1H3,(H,17,18,19,20);2-5,8-9H,1H3;1-2H3/p+1. The van der Waals surface area contributed by atoms with Crippen LogP contribution in [0.2, 0.25) is 0 Å². The van der Waals surface area contributed by atoms with Crippen molar-refractivity contribution in [3.05, 3.63) is 35.9 Å². The van der Waals surface area contributed by atoms with Crippen LogP contribution in [-0.4, -0.2) is 46.2 Å². The van der Waals surface area contributed by atoms with Gasteiger partial charge in [0.2, 0.25) is 17.7 Å². The lowest BCUT2D eigenvalue weighted by molar-refractivity contribution is -0.825. The van der Waals surface area contributed by atoms with Crippen molar-refractivity contribution >= 4 is 31.6 Å². The molecule has 0 spiro atoms. The van der Waals surface area contributed by atoms with Gasteiger partial charge in [-0.1, -0.05) is 40.1 Å². The minimum atomic E-state index is -4.63. The summed E-state index contributed by atoms with van der Waals surface area (Å²) < 4.78 is 77.1. The maximum atomic E-state index is 12.2. The molecule has 0 fully saturated rings. The fraction of sp³-hybridized carbons (Fsp3) is 0.421. The molecule has 33 heavy (non-hydrogen) atoms. The Kier molecular flexibility index (Phi) is 13.5. The van der Waals surface area contributed by atoms with Gasteiger partial charge in [-0.05, 0) is 6.92 Å². The topological polar surface area (TPSA) is 101 Å². The molecule has 186 valence electrons. The second kappa shape index (κ2) is 14.6. The molecule has 0 saturated carbocycles. The molecule has 2 aromatic rings. The van der Waals surface area contributed by atoms with Gasteiger partial charge in [0, 0.05) is 25.1 Å². The molecule has 1 aromatic heterocycles. The number of anilines is 1. The first-order valence-corrected chi connectivity index (χ1v) is 10.7. The first kappa shape index (κ1) is 30.5. The maximum absolute atomic E-state index is 12.2. The average molecular weight is 503 g/mol. The van der Waals surface area contributed by atoms with Crippen LogP contribution in [-0.2, 0) is 4.79 Å². The van der Waals surface area contributed by atoms with Crippen LogP contribution in [0, 0.1) is 6.92 Å². The zero-order valence-electron chi connectivity index (χ0n) is 18.3. The van der Waals surface area contributed by atoms with Gasteiger partial charge in [0.25, 0.3) is 0 Å². The summed E-state index contributed by atoms with van der Waals surface area (Å²) in [5.41, 5.74) is 2.98. The largest absolute Gasteiger partial charge is 0.468 e. The molecule has 0 aliphatic carbocycles. The van der Waals surface area contributed by atoms with E-state index in [0.29, 0.717) is 0 Å². The fourth-order valence-corrected chi connectivity index (χ4v) is 2.59. The van der Waals surface area contributed by atoms with Crippen molar-refractivity contribution in [3.8, 4) is 5.88 Å². The molecule has 1 aromatic carbocycles. The van der Waals surface area contributed by atoms with E-state index in [1.807, 2.05) is 45.0 Å². The second-order valence-electron chi connectivity index (χ2n) is 6.01. The van der Waals surface area contributed by atoms with Gasteiger partial charge in [-0.2, -0.15) is 36.8 Å². The van der Waals surface area contributed by atoms with Crippen molar-refractivity contribution in [2.24, 2.45) is 0 Å². The molecule has 4 N–H and O–H groups in total. The zero-order chi connectivity index (χ0) is 25.7. The van der Waals surface area contributed by atoms with E-state index in [1.165, 1.54) is 5.56 Å². The summed E-state index contributed by atoms with van der Waals surface area (Å²) in [6.45, 7) is 5.44. The lowest BCUT2D eigenvalue weighted by Crippen LogP contribution is -2.73. The number of alkyl halides is 6. The molecule has 1 atom stereocenters. The molecule has 1 amide bonds. The Morgan fingerprint density at radius 1 is 1.09 bits per heavy atom. The van der Waals surface area contributed by atoms with Gasteiger partial charge in [-0.25, -0.2) is 10.2 Å². The van der Waals surface area contributed by atoms with E-state index in [-0.39, 0.29) is 5.44 Å². The minimum Gasteiger partial charge on any atom is -0.468 e. The second-order valence-corrected chi connectivity index (χ2v) is 7.23. The predicted molar refractivity (Wildman–Crippen MR) is 113 cm³/mol. The van der Waals surface area contributed by atoms with Gasteiger partial charge in [0.05, 0.1) is 11.6 Å². The molecule has 2 rings (SSSR count). The highest BCUT2D eigenvalue weighted by molar-refractivity contribution is 7.46. The molecular formula is C19H26F6N4O3P+. The molecule has 0 aliphatic rings. The van der Waals surface area contributed by atoms with E-state index in [4.69, 9.17) is 5.21 Å². The number of halogens is 6. The monoisotopic (exact) mass is 503 g/mol. The molecule has 1 heterocycles. The van der Waals surface area contributed by atoms with Crippen LogP contribution in [0.25, 0.3) is 0 Å². The number of nitrogens with one attached hydrogen (secondary N) is 1. The van der Waals surface area contributed by atoms with E-state index in [2.05, 4.69) is 20.0 Å². The summed E-state index contributed by atoms with van der Waals surface area (Å²) in [6, 6.07) is 8.54. The van der Waals surface area contributed by atoms with Crippen LogP contribution in [0.1, 0.15) is 26.3 Å². The van der Waals surface area contributed by atoms with Crippen molar-refractivity contribution in [1.82, 2.24) is 9.97 Å². The van der Waals surface area contributed by atoms with Crippen molar-refractivity contribution < 1.29 is 46.6 Å². The number of ether oxygens (including phenoxy) is 1. The zero-order valence-corrected chi connectivity index (χ0v) is 19.3. The van der Waals surface area contributed by atoms with E-state index < -0.39 is 51.4 Å². The number of carbonyl (C=O) groups is 1. The Bertz CT molecular complexity index is 813. The van der Waals surface area contributed by atoms with Gasteiger partial charge in [-0.3, -0.25) is 10.1 Å². The van der Waals surface area contributed by atoms with Crippen molar-refractivity contribution in [1.29, 1.82) is 0 Å². The number of hydrogen-bond acceptors (Lipinski definition) is 5. The number of benzene rings is 1. The van der Waals surface area contributed by atoms with Crippen LogP contribution < -0.4 is 21.0 Å². The summed E-state index contributed by atoms with van der Waals surface area (Å²) in [6.07, 6.45) is -10.3. The Balaban J connectivity index is 0.000000770. The minimum absolute atomic E-state index is 0.173. The van der Waals surface area contributed by atoms with Crippen LogP contribution >= 0.6 is 8.58 Å². The summed E-state index contributed by atoms with van der Waals surface area (Å²) in [4.78, 5) is 18.0. The number of rotatable bonds is 6. The Morgan fingerprint density at radius 3 is 2.12 bits per heavy atom. The highest BCUT2D eigenvalue weighted by Gasteiger charge is 2.29. The maximum Gasteiger partial charge on any atom is 0.422 e. The predicted octanol–water partition coefficient (Wildman–Crippen LogP) is 3.85. The SMILES string of the molecule is CC.CC(=O)Nc1nc(OCC(F)(F)F)cc(PCC(F)(F)F)n1.Cc1ccc([NH2+]O)cc1. The van der Waals surface area contributed by atoms with Gasteiger partial charge < -0.3 is 4.74 Å². The highest BCUT2D eigenvalue weighted by atomic mass is 31.1. The number of hydrogen-bond donors (Lipinski definition) is 3. The summed E-state index contributed by atoms with van der Waals surface area (Å²) in [5, 5.41) is 10.6. The Morgan fingerprint density at radius 2 is 1.67 bits per heavy atom. The molecule has 0 aliphatic heterocycles. The molecular weight excluding hydrogens is 477 g/mol. The number of aromatic nitrogens is 2. The Hall–Kier alpha value is -2.50. The van der Waals surface area contributed by atoms with Crippen LogP contribution in [0.5, 0.6) is 5.88 Å². The molecule has 7 nitrogen and oxygen atoms in total. The third-order valence-electron chi connectivity index (χ3n) is 3.07. The van der Waals surface area contributed by atoms with Crippen LogP contribution in [0.3, 0.4) is 0 Å². The average Bonchev–Trinajstić information content (AvgIpc) is 2.72. The van der Waals surface area contributed by atoms with Crippen molar-refractivity contribution in [2.45, 2.75) is 40.0 Å². The third-order valence-corrected chi connectivity index (χ3v) is 4.27.